The van der Waals surface area contributed by atoms with E-state index in [2.05, 4.69) is 189 Å². The lowest BCUT2D eigenvalue weighted by Crippen LogP contribution is -2.16. The molecule has 2 heteroatoms. The molecule has 0 radical (unpaired) electrons. The predicted molar refractivity (Wildman–Crippen MR) is 240 cm³/mol. The average Bonchev–Trinajstić information content (AvgIpc) is 3.76. The number of benzene rings is 8. The number of para-hydroxylation sites is 2. The molecule has 2 nitrogen and oxygen atoms in total. The summed E-state index contributed by atoms with van der Waals surface area (Å²) in [6, 6.07) is 62.8. The Morgan fingerprint density at radius 2 is 1.16 bits per heavy atom. The second-order valence-electron chi connectivity index (χ2n) is 16.6. The molecular weight excluding hydrogens is 691 g/mol. The van der Waals surface area contributed by atoms with Gasteiger partial charge in [0.25, 0.3) is 0 Å². The first-order chi connectivity index (χ1) is 28.1. The highest BCUT2D eigenvalue weighted by atomic mass is 16.3. The fraction of sp³-hybridized carbons (Fsp3) is 0.164. The third-order valence-corrected chi connectivity index (χ3v) is 13.0. The summed E-state index contributed by atoms with van der Waals surface area (Å²) in [5, 5.41) is 4.93. The number of hydrogen-bond donors (Lipinski definition) is 0. The smallest absolute Gasteiger partial charge is 0.137 e. The Kier molecular flexibility index (Phi) is 7.96. The van der Waals surface area contributed by atoms with Crippen molar-refractivity contribution >= 4 is 49.8 Å². The molecule has 0 atom stereocenters. The monoisotopic (exact) mass is 735 g/mol. The van der Waals surface area contributed by atoms with Crippen LogP contribution in [0, 0.1) is 0 Å². The van der Waals surface area contributed by atoms with E-state index in [9.17, 15) is 0 Å². The second-order valence-corrected chi connectivity index (χ2v) is 16.6. The van der Waals surface area contributed by atoms with E-state index in [0.29, 0.717) is 5.92 Å². The van der Waals surface area contributed by atoms with Crippen LogP contribution in [0.15, 0.2) is 174 Å². The van der Waals surface area contributed by atoms with Gasteiger partial charge in [-0.05, 0) is 110 Å². The van der Waals surface area contributed by atoms with Crippen molar-refractivity contribution in [1.29, 1.82) is 0 Å². The van der Waals surface area contributed by atoms with Gasteiger partial charge in [-0.25, -0.2) is 0 Å². The first-order valence-electron chi connectivity index (χ1n) is 20.7. The second kappa shape index (κ2) is 13.4. The molecule has 0 amide bonds. The van der Waals surface area contributed by atoms with Crippen LogP contribution >= 0.6 is 0 Å². The van der Waals surface area contributed by atoms with Gasteiger partial charge in [-0.3, -0.25) is 0 Å². The SMILES string of the molecule is CC1(C)c2ccccc2-c2cccc(-c3cccc(N(c4ccccc4-c4cccc5cccc(C6CCCCC6)c45)c4cccc5oc6ccccc6c45)c3)c21. The molecule has 57 heavy (non-hydrogen) atoms. The zero-order valence-electron chi connectivity index (χ0n) is 32.6. The van der Waals surface area contributed by atoms with Gasteiger partial charge >= 0.3 is 0 Å². The lowest BCUT2D eigenvalue weighted by Gasteiger charge is -2.30. The molecule has 1 fully saturated rings. The quantitative estimate of drug-likeness (QED) is 0.169. The Labute approximate surface area is 335 Å². The topological polar surface area (TPSA) is 16.4 Å². The number of hydrogen-bond acceptors (Lipinski definition) is 2. The molecule has 0 bridgehead atoms. The van der Waals surface area contributed by atoms with Crippen LogP contribution in [-0.4, -0.2) is 0 Å². The molecule has 276 valence electrons. The van der Waals surface area contributed by atoms with Crippen LogP contribution in [0.25, 0.3) is 66.1 Å². The summed E-state index contributed by atoms with van der Waals surface area (Å²) in [6.07, 6.45) is 6.47. The minimum Gasteiger partial charge on any atom is -0.456 e. The lowest BCUT2D eigenvalue weighted by atomic mass is 9.79. The third kappa shape index (κ3) is 5.38. The zero-order valence-corrected chi connectivity index (χ0v) is 32.6. The fourth-order valence-corrected chi connectivity index (χ4v) is 10.5. The summed E-state index contributed by atoms with van der Waals surface area (Å²) in [5.41, 5.74) is 17.0. The van der Waals surface area contributed by atoms with E-state index in [1.54, 1.807) is 0 Å². The highest BCUT2D eigenvalue weighted by Gasteiger charge is 2.37. The van der Waals surface area contributed by atoms with Crippen molar-refractivity contribution in [1.82, 2.24) is 0 Å². The molecule has 0 spiro atoms. The fourth-order valence-electron chi connectivity index (χ4n) is 10.5. The van der Waals surface area contributed by atoms with Gasteiger partial charge in [-0.1, -0.05) is 167 Å². The van der Waals surface area contributed by atoms with Gasteiger partial charge in [0.05, 0.1) is 16.8 Å². The Morgan fingerprint density at radius 1 is 0.509 bits per heavy atom. The number of furan rings is 1. The van der Waals surface area contributed by atoms with Crippen LogP contribution in [0.2, 0.25) is 0 Å². The van der Waals surface area contributed by atoms with Crippen molar-refractivity contribution in [3.05, 3.63) is 187 Å². The van der Waals surface area contributed by atoms with Gasteiger partial charge in [0, 0.05) is 22.1 Å². The highest BCUT2D eigenvalue weighted by molar-refractivity contribution is 6.14. The van der Waals surface area contributed by atoms with Crippen molar-refractivity contribution in [2.45, 2.75) is 57.3 Å². The summed E-state index contributed by atoms with van der Waals surface area (Å²) in [5.74, 6) is 0.581. The number of anilines is 3. The molecule has 9 aromatic rings. The predicted octanol–water partition coefficient (Wildman–Crippen LogP) is 15.9. The third-order valence-electron chi connectivity index (χ3n) is 13.0. The Balaban J connectivity index is 1.17. The zero-order chi connectivity index (χ0) is 38.1. The Bertz CT molecular complexity index is 2990. The standard InChI is InChI=1S/C55H45NO/c1-55(2)47-30-9-6-23-42(47)45-29-15-27-41(54(45)55)38-21-12-22-39(35-38)56(49-32-16-34-51-53(49)46-25-8-11-33-50(46)57-51)48-31-10-7-24-43(48)44-28-14-20-37-19-13-26-40(52(37)44)36-17-4-3-5-18-36/h6-16,19-36H,3-5,17-18H2,1-2H3. The Morgan fingerprint density at radius 3 is 2.05 bits per heavy atom. The summed E-state index contributed by atoms with van der Waals surface area (Å²) < 4.78 is 6.54. The molecule has 2 aliphatic carbocycles. The van der Waals surface area contributed by atoms with Gasteiger partial charge in [0.1, 0.15) is 11.2 Å². The minimum atomic E-state index is -0.128. The van der Waals surface area contributed by atoms with E-state index in [1.165, 1.54) is 92.9 Å². The van der Waals surface area contributed by atoms with E-state index in [1.807, 2.05) is 0 Å². The minimum absolute atomic E-state index is 0.128. The Hall–Kier alpha value is -6.38. The van der Waals surface area contributed by atoms with Crippen LogP contribution in [0.3, 0.4) is 0 Å². The number of fused-ring (bicyclic) bond motifs is 7. The first-order valence-corrected chi connectivity index (χ1v) is 20.7. The van der Waals surface area contributed by atoms with E-state index in [0.717, 1.165) is 39.0 Å². The van der Waals surface area contributed by atoms with Gasteiger partial charge in [0.2, 0.25) is 0 Å². The van der Waals surface area contributed by atoms with Crippen molar-refractivity contribution < 1.29 is 4.42 Å². The van der Waals surface area contributed by atoms with E-state index >= 15 is 0 Å². The van der Waals surface area contributed by atoms with Crippen LogP contribution in [0.4, 0.5) is 17.1 Å². The highest BCUT2D eigenvalue weighted by Crippen LogP contribution is 2.53. The van der Waals surface area contributed by atoms with E-state index < -0.39 is 0 Å². The van der Waals surface area contributed by atoms with Crippen LogP contribution in [0.1, 0.15) is 68.6 Å². The summed E-state index contributed by atoms with van der Waals surface area (Å²) >= 11 is 0. The molecule has 0 aliphatic heterocycles. The van der Waals surface area contributed by atoms with Crippen molar-refractivity contribution in [3.63, 3.8) is 0 Å². The van der Waals surface area contributed by atoms with E-state index in [4.69, 9.17) is 4.42 Å². The maximum Gasteiger partial charge on any atom is 0.137 e. The van der Waals surface area contributed by atoms with Crippen LogP contribution in [0.5, 0.6) is 0 Å². The van der Waals surface area contributed by atoms with Gasteiger partial charge < -0.3 is 9.32 Å². The molecular formula is C55H45NO. The molecule has 8 aromatic carbocycles. The lowest BCUT2D eigenvalue weighted by molar-refractivity contribution is 0.445. The summed E-state index contributed by atoms with van der Waals surface area (Å²) in [4.78, 5) is 2.49. The van der Waals surface area contributed by atoms with Crippen molar-refractivity contribution in [2.24, 2.45) is 0 Å². The van der Waals surface area contributed by atoms with E-state index in [-0.39, 0.29) is 5.41 Å². The molecule has 0 unspecified atom stereocenters. The molecule has 1 aromatic heterocycles. The molecule has 11 rings (SSSR count). The summed E-state index contributed by atoms with van der Waals surface area (Å²) in [7, 11) is 0. The van der Waals surface area contributed by atoms with Crippen LogP contribution in [-0.2, 0) is 5.41 Å². The molecule has 2 aliphatic rings. The van der Waals surface area contributed by atoms with Crippen LogP contribution < -0.4 is 4.90 Å². The maximum absolute atomic E-state index is 6.54. The van der Waals surface area contributed by atoms with Gasteiger partial charge in [-0.2, -0.15) is 0 Å². The van der Waals surface area contributed by atoms with Crippen molar-refractivity contribution in [2.75, 3.05) is 4.90 Å². The first kappa shape index (κ1) is 33.9. The normalized spacial score (nSPS) is 14.9. The molecule has 0 saturated heterocycles. The van der Waals surface area contributed by atoms with Gasteiger partial charge in [0.15, 0.2) is 0 Å². The number of rotatable bonds is 6. The largest absolute Gasteiger partial charge is 0.456 e. The average molecular weight is 736 g/mol. The molecule has 1 heterocycles. The van der Waals surface area contributed by atoms with Gasteiger partial charge in [-0.15, -0.1) is 0 Å². The molecule has 0 N–H and O–H groups in total. The number of nitrogens with zero attached hydrogens (tertiary/aromatic N) is 1. The summed E-state index contributed by atoms with van der Waals surface area (Å²) in [6.45, 7) is 4.76. The molecule has 1 saturated carbocycles. The maximum atomic E-state index is 6.54. The van der Waals surface area contributed by atoms with Crippen molar-refractivity contribution in [3.8, 4) is 33.4 Å².